The van der Waals surface area contributed by atoms with Gasteiger partial charge >= 0.3 is 0 Å². The number of nitrogens with zero attached hydrogens (tertiary/aromatic N) is 3. The summed E-state index contributed by atoms with van der Waals surface area (Å²) in [6, 6.07) is 18.9. The molecule has 1 unspecified atom stereocenters. The predicted molar refractivity (Wildman–Crippen MR) is 111 cm³/mol. The van der Waals surface area contributed by atoms with Gasteiger partial charge in [0, 0.05) is 5.56 Å². The van der Waals surface area contributed by atoms with Crippen molar-refractivity contribution < 1.29 is 9.21 Å². The van der Waals surface area contributed by atoms with Crippen LogP contribution in [0.25, 0.3) is 10.8 Å². The molecule has 0 saturated heterocycles. The molecule has 0 N–H and O–H groups in total. The normalized spacial score (nSPS) is 12.1. The van der Waals surface area contributed by atoms with E-state index < -0.39 is 5.25 Å². The third-order valence-electron chi connectivity index (χ3n) is 4.12. The summed E-state index contributed by atoms with van der Waals surface area (Å²) < 4.78 is 5.86. The quantitative estimate of drug-likeness (QED) is 0.309. The van der Waals surface area contributed by atoms with Gasteiger partial charge in [0.05, 0.1) is 10.7 Å². The summed E-state index contributed by atoms with van der Waals surface area (Å²) in [6.07, 6.45) is 0. The fourth-order valence-electron chi connectivity index (χ4n) is 2.83. The summed E-state index contributed by atoms with van der Waals surface area (Å²) >= 11 is 2.78. The highest BCUT2D eigenvalue weighted by Gasteiger charge is 2.26. The third kappa shape index (κ3) is 3.90. The van der Waals surface area contributed by atoms with Gasteiger partial charge in [-0.25, -0.2) is 4.98 Å². The average Bonchev–Trinajstić information content (AvgIpc) is 3.32. The van der Waals surface area contributed by atoms with Crippen molar-refractivity contribution in [1.29, 1.82) is 0 Å². The van der Waals surface area contributed by atoms with Crippen molar-refractivity contribution in [3.63, 3.8) is 0 Å². The molecule has 0 aliphatic heterocycles. The Morgan fingerprint density at radius 3 is 2.32 bits per heavy atom. The van der Waals surface area contributed by atoms with Crippen LogP contribution >= 0.6 is 23.1 Å². The van der Waals surface area contributed by atoms with Crippen molar-refractivity contribution in [2.45, 2.75) is 24.3 Å². The SMILES string of the molecule is Cc1nc(C)c(-c2nnc(SC(C(=O)c3ccccc3)c3ccccc3)o2)s1. The van der Waals surface area contributed by atoms with Gasteiger partial charge in [-0.05, 0) is 31.2 Å². The second-order valence-electron chi connectivity index (χ2n) is 6.16. The first kappa shape index (κ1) is 18.6. The lowest BCUT2D eigenvalue weighted by molar-refractivity contribution is 0.0989. The molecule has 0 bridgehead atoms. The van der Waals surface area contributed by atoms with Crippen LogP contribution in [0.4, 0.5) is 0 Å². The second kappa shape index (κ2) is 8.08. The number of aryl methyl sites for hydroxylation is 2. The van der Waals surface area contributed by atoms with Gasteiger partial charge in [-0.15, -0.1) is 21.5 Å². The monoisotopic (exact) mass is 407 g/mol. The van der Waals surface area contributed by atoms with E-state index in [1.165, 1.54) is 23.1 Å². The Bertz CT molecular complexity index is 1090. The molecule has 0 fully saturated rings. The Hall–Kier alpha value is -2.77. The zero-order valence-electron chi connectivity index (χ0n) is 15.3. The molecular formula is C21H17N3O2S2. The van der Waals surface area contributed by atoms with Crippen LogP contribution in [0.1, 0.15) is 31.9 Å². The largest absolute Gasteiger partial charge is 0.410 e. The van der Waals surface area contributed by atoms with Gasteiger partial charge in [-0.2, -0.15) is 0 Å². The Kier molecular flexibility index (Phi) is 5.36. The van der Waals surface area contributed by atoms with E-state index in [2.05, 4.69) is 15.2 Å². The van der Waals surface area contributed by atoms with Crippen LogP contribution in [0, 0.1) is 13.8 Å². The minimum atomic E-state index is -0.471. The first-order valence-electron chi connectivity index (χ1n) is 8.70. The van der Waals surface area contributed by atoms with Gasteiger partial charge in [0.15, 0.2) is 5.78 Å². The van der Waals surface area contributed by atoms with E-state index in [0.29, 0.717) is 16.7 Å². The summed E-state index contributed by atoms with van der Waals surface area (Å²) in [6.45, 7) is 3.86. The van der Waals surface area contributed by atoms with E-state index in [0.717, 1.165) is 21.1 Å². The molecule has 5 nitrogen and oxygen atoms in total. The van der Waals surface area contributed by atoms with Gasteiger partial charge in [0.1, 0.15) is 10.1 Å². The van der Waals surface area contributed by atoms with Crippen molar-refractivity contribution in [1.82, 2.24) is 15.2 Å². The first-order valence-corrected chi connectivity index (χ1v) is 10.4. The minimum Gasteiger partial charge on any atom is -0.410 e. The number of thiazole rings is 1. The Morgan fingerprint density at radius 1 is 1.00 bits per heavy atom. The molecule has 28 heavy (non-hydrogen) atoms. The fraction of sp³-hybridized carbons (Fsp3) is 0.143. The number of rotatable bonds is 6. The molecule has 0 amide bonds. The van der Waals surface area contributed by atoms with Gasteiger partial charge in [0.25, 0.3) is 11.1 Å². The standard InChI is InChI=1S/C21H17N3O2S2/c1-13-18(27-14(2)22-13)20-23-24-21(26-20)28-19(16-11-7-4-8-12-16)17(25)15-9-5-3-6-10-15/h3-12,19H,1-2H3. The summed E-state index contributed by atoms with van der Waals surface area (Å²) in [4.78, 5) is 18.4. The smallest absolute Gasteiger partial charge is 0.277 e. The summed E-state index contributed by atoms with van der Waals surface area (Å²) in [5.41, 5.74) is 2.41. The molecule has 0 saturated carbocycles. The molecule has 0 aliphatic carbocycles. The molecule has 4 rings (SSSR count). The van der Waals surface area contributed by atoms with E-state index in [9.17, 15) is 4.79 Å². The Balaban J connectivity index is 1.65. The lowest BCUT2D eigenvalue weighted by atomic mass is 10.0. The molecule has 140 valence electrons. The molecule has 2 aromatic carbocycles. The molecule has 7 heteroatoms. The van der Waals surface area contributed by atoms with Gasteiger partial charge in [-0.3, -0.25) is 4.79 Å². The number of aromatic nitrogens is 3. The van der Waals surface area contributed by atoms with Gasteiger partial charge in [0.2, 0.25) is 0 Å². The average molecular weight is 408 g/mol. The number of hydrogen-bond acceptors (Lipinski definition) is 7. The molecule has 2 heterocycles. The summed E-state index contributed by atoms with van der Waals surface area (Å²) in [5.74, 6) is 0.436. The zero-order chi connectivity index (χ0) is 19.5. The van der Waals surface area contributed by atoms with Crippen LogP contribution < -0.4 is 0 Å². The second-order valence-corrected chi connectivity index (χ2v) is 8.42. The number of hydrogen-bond donors (Lipinski definition) is 0. The predicted octanol–water partition coefficient (Wildman–Crippen LogP) is 5.53. The maximum atomic E-state index is 13.2. The summed E-state index contributed by atoms with van der Waals surface area (Å²) in [7, 11) is 0. The first-order chi connectivity index (χ1) is 13.6. The van der Waals surface area contributed by atoms with Crippen molar-refractivity contribution >= 4 is 28.9 Å². The lowest BCUT2D eigenvalue weighted by Gasteiger charge is -2.14. The van der Waals surface area contributed by atoms with E-state index >= 15 is 0 Å². The Labute approximate surface area is 170 Å². The number of Topliss-reactive ketones (excluding diaryl/α,β-unsaturated/α-hetero) is 1. The minimum absolute atomic E-state index is 0.00126. The zero-order valence-corrected chi connectivity index (χ0v) is 17.0. The van der Waals surface area contributed by atoms with Gasteiger partial charge < -0.3 is 4.42 Å². The van der Waals surface area contributed by atoms with Crippen LogP contribution in [0.15, 0.2) is 70.3 Å². The van der Waals surface area contributed by atoms with E-state index in [1.807, 2.05) is 74.5 Å². The number of thioether (sulfide) groups is 1. The Morgan fingerprint density at radius 2 is 1.68 bits per heavy atom. The maximum absolute atomic E-state index is 13.2. The van der Waals surface area contributed by atoms with Crippen molar-refractivity contribution in [3.8, 4) is 10.8 Å². The highest BCUT2D eigenvalue weighted by molar-refractivity contribution is 8.00. The fourth-order valence-corrected chi connectivity index (χ4v) is 4.63. The highest BCUT2D eigenvalue weighted by Crippen LogP contribution is 2.39. The number of benzene rings is 2. The molecule has 0 aliphatic rings. The molecule has 4 aromatic rings. The number of ketones is 1. The highest BCUT2D eigenvalue weighted by atomic mass is 32.2. The van der Waals surface area contributed by atoms with Crippen LogP contribution in [0.2, 0.25) is 0 Å². The third-order valence-corrected chi connectivity index (χ3v) is 6.27. The van der Waals surface area contributed by atoms with Crippen LogP contribution in [0.3, 0.4) is 0 Å². The topological polar surface area (TPSA) is 68.9 Å². The van der Waals surface area contributed by atoms with Crippen LogP contribution in [-0.2, 0) is 0 Å². The van der Waals surface area contributed by atoms with E-state index in [4.69, 9.17) is 4.42 Å². The number of carbonyl (C=O) groups excluding carboxylic acids is 1. The molecule has 0 spiro atoms. The molecular weight excluding hydrogens is 390 g/mol. The van der Waals surface area contributed by atoms with E-state index in [1.54, 1.807) is 0 Å². The van der Waals surface area contributed by atoms with Crippen LogP contribution in [-0.4, -0.2) is 21.0 Å². The summed E-state index contributed by atoms with van der Waals surface area (Å²) in [5, 5.41) is 9.15. The van der Waals surface area contributed by atoms with Crippen molar-refractivity contribution in [2.75, 3.05) is 0 Å². The van der Waals surface area contributed by atoms with Crippen LogP contribution in [0.5, 0.6) is 0 Å². The molecule has 0 radical (unpaired) electrons. The molecule has 2 aromatic heterocycles. The number of carbonyl (C=O) groups is 1. The van der Waals surface area contributed by atoms with Crippen molar-refractivity contribution in [2.24, 2.45) is 0 Å². The molecule has 1 atom stereocenters. The van der Waals surface area contributed by atoms with Crippen molar-refractivity contribution in [3.05, 3.63) is 82.5 Å². The lowest BCUT2D eigenvalue weighted by Crippen LogP contribution is -2.10. The maximum Gasteiger partial charge on any atom is 0.277 e. The van der Waals surface area contributed by atoms with E-state index in [-0.39, 0.29) is 5.78 Å². The van der Waals surface area contributed by atoms with Gasteiger partial charge in [-0.1, -0.05) is 60.7 Å².